The van der Waals surface area contributed by atoms with E-state index in [1.54, 1.807) is 0 Å². The van der Waals surface area contributed by atoms with Gasteiger partial charge in [-0.3, -0.25) is 10.2 Å². The fourth-order valence-electron chi connectivity index (χ4n) is 0.386. The molecule has 0 fully saturated rings. The molecule has 0 radical (unpaired) electrons. The molecule has 0 saturated heterocycles. The first kappa shape index (κ1) is 14.2. The molecular formula is C7H16NO3P. The average Bonchev–Trinajstić information content (AvgIpc) is 2.10. The van der Waals surface area contributed by atoms with Gasteiger partial charge in [-0.15, -0.1) is 0 Å². The standard InChI is InChI=1S/C5H10NO3P.C2H6/c1-4(7)5(6)10(8-2)9-3;1-2/h6H,1-3H3;1-2H3. The van der Waals surface area contributed by atoms with Gasteiger partial charge in [-0.25, -0.2) is 0 Å². The highest BCUT2D eigenvalue weighted by Crippen LogP contribution is 2.37. The van der Waals surface area contributed by atoms with Crippen LogP contribution in [0.15, 0.2) is 0 Å². The highest BCUT2D eigenvalue weighted by atomic mass is 31.2. The largest absolute Gasteiger partial charge is 0.333 e. The summed E-state index contributed by atoms with van der Waals surface area (Å²) < 4.78 is 9.44. The third kappa shape index (κ3) is 5.35. The van der Waals surface area contributed by atoms with Crippen molar-refractivity contribution >= 4 is 19.6 Å². The minimum absolute atomic E-state index is 0.0972. The quantitative estimate of drug-likeness (QED) is 0.549. The monoisotopic (exact) mass is 193 g/mol. The van der Waals surface area contributed by atoms with Crippen LogP contribution in [0.2, 0.25) is 0 Å². The Labute approximate surface area is 74.7 Å². The summed E-state index contributed by atoms with van der Waals surface area (Å²) in [4.78, 5) is 10.5. The zero-order valence-electron chi connectivity index (χ0n) is 8.17. The van der Waals surface area contributed by atoms with Crippen molar-refractivity contribution in [3.63, 3.8) is 0 Å². The zero-order chi connectivity index (χ0) is 10.1. The lowest BCUT2D eigenvalue weighted by Gasteiger charge is -2.09. The molecule has 0 rings (SSSR count). The summed E-state index contributed by atoms with van der Waals surface area (Å²) in [5.74, 6) is -0.310. The maximum atomic E-state index is 10.5. The van der Waals surface area contributed by atoms with Crippen molar-refractivity contribution in [2.24, 2.45) is 0 Å². The molecule has 0 spiro atoms. The first-order valence-corrected chi connectivity index (χ1v) is 4.79. The lowest BCUT2D eigenvalue weighted by atomic mass is 10.5. The molecule has 0 aromatic carbocycles. The predicted octanol–water partition coefficient (Wildman–Crippen LogP) is 2.18. The van der Waals surface area contributed by atoms with Crippen molar-refractivity contribution in [3.8, 4) is 0 Å². The van der Waals surface area contributed by atoms with Gasteiger partial charge in [0.25, 0.3) is 0 Å². The van der Waals surface area contributed by atoms with Gasteiger partial charge >= 0.3 is 0 Å². The van der Waals surface area contributed by atoms with E-state index in [1.165, 1.54) is 21.1 Å². The molecule has 0 aliphatic carbocycles. The number of rotatable bonds is 4. The second-order valence-corrected chi connectivity index (χ2v) is 3.22. The predicted molar refractivity (Wildman–Crippen MR) is 50.7 cm³/mol. The molecule has 0 heterocycles. The van der Waals surface area contributed by atoms with Crippen LogP contribution in [0.3, 0.4) is 0 Å². The molecule has 5 heteroatoms. The Bertz CT molecular complexity index is 146. The van der Waals surface area contributed by atoms with E-state index in [0.717, 1.165) is 0 Å². The molecule has 0 amide bonds. The van der Waals surface area contributed by atoms with E-state index >= 15 is 0 Å². The maximum absolute atomic E-state index is 10.5. The summed E-state index contributed by atoms with van der Waals surface area (Å²) >= 11 is 0. The molecular weight excluding hydrogens is 177 g/mol. The molecule has 0 unspecified atom stereocenters. The van der Waals surface area contributed by atoms with Crippen molar-refractivity contribution in [2.45, 2.75) is 20.8 Å². The number of carbonyl (C=O) groups excluding carboxylic acids is 1. The Morgan fingerprint density at radius 2 is 1.58 bits per heavy atom. The van der Waals surface area contributed by atoms with E-state index in [-0.39, 0.29) is 11.2 Å². The Hall–Kier alpha value is -0.310. The highest BCUT2D eigenvalue weighted by Gasteiger charge is 2.17. The van der Waals surface area contributed by atoms with E-state index in [0.29, 0.717) is 0 Å². The molecule has 4 nitrogen and oxygen atoms in total. The summed E-state index contributed by atoms with van der Waals surface area (Å²) in [6, 6.07) is 0. The van der Waals surface area contributed by atoms with Crippen LogP contribution in [0.5, 0.6) is 0 Å². The molecule has 0 aromatic rings. The van der Waals surface area contributed by atoms with Gasteiger partial charge in [0.05, 0.1) is 0 Å². The molecule has 12 heavy (non-hydrogen) atoms. The second-order valence-electron chi connectivity index (χ2n) is 1.53. The SMILES string of the molecule is CC.COP(OC)C(=N)C(C)=O. The van der Waals surface area contributed by atoms with Gasteiger partial charge in [-0.1, -0.05) is 13.8 Å². The highest BCUT2D eigenvalue weighted by molar-refractivity contribution is 7.69. The van der Waals surface area contributed by atoms with Crippen molar-refractivity contribution in [3.05, 3.63) is 0 Å². The Morgan fingerprint density at radius 1 is 1.25 bits per heavy atom. The first-order valence-electron chi connectivity index (χ1n) is 3.61. The minimum Gasteiger partial charge on any atom is -0.333 e. The van der Waals surface area contributed by atoms with Crippen LogP contribution in [0.25, 0.3) is 0 Å². The molecule has 0 bridgehead atoms. The van der Waals surface area contributed by atoms with Crippen LogP contribution >= 0.6 is 8.38 Å². The van der Waals surface area contributed by atoms with Crippen LogP contribution < -0.4 is 0 Å². The lowest BCUT2D eigenvalue weighted by Crippen LogP contribution is -2.07. The van der Waals surface area contributed by atoms with Crippen molar-refractivity contribution in [2.75, 3.05) is 14.2 Å². The van der Waals surface area contributed by atoms with E-state index in [2.05, 4.69) is 0 Å². The maximum Gasteiger partial charge on any atom is 0.227 e. The third-order valence-electron chi connectivity index (χ3n) is 0.848. The third-order valence-corrected chi connectivity index (χ3v) is 2.19. The average molecular weight is 193 g/mol. The molecule has 0 atom stereocenters. The van der Waals surface area contributed by atoms with E-state index in [4.69, 9.17) is 14.5 Å². The number of nitrogens with one attached hydrogen (secondary N) is 1. The Kier molecular flexibility index (Phi) is 10.4. The van der Waals surface area contributed by atoms with Gasteiger partial charge in [0.2, 0.25) is 8.38 Å². The van der Waals surface area contributed by atoms with Gasteiger partial charge in [-0.05, 0) is 0 Å². The molecule has 0 aromatic heterocycles. The molecule has 0 saturated carbocycles. The number of ketones is 1. The van der Waals surface area contributed by atoms with Crippen LogP contribution in [0, 0.1) is 5.41 Å². The Balaban J connectivity index is 0. The van der Waals surface area contributed by atoms with Crippen LogP contribution in [-0.2, 0) is 13.8 Å². The Morgan fingerprint density at radius 3 is 1.67 bits per heavy atom. The topological polar surface area (TPSA) is 59.4 Å². The number of hydrogen-bond donors (Lipinski definition) is 1. The van der Waals surface area contributed by atoms with Gasteiger partial charge < -0.3 is 9.05 Å². The van der Waals surface area contributed by atoms with E-state index in [1.807, 2.05) is 13.8 Å². The molecule has 1 N–H and O–H groups in total. The van der Waals surface area contributed by atoms with Crippen molar-refractivity contribution < 1.29 is 13.8 Å². The summed E-state index contributed by atoms with van der Waals surface area (Å²) in [5.41, 5.74) is -0.0972. The molecule has 0 aliphatic rings. The number of carbonyl (C=O) groups is 1. The van der Waals surface area contributed by atoms with Crippen molar-refractivity contribution in [1.29, 1.82) is 5.41 Å². The normalized spacial score (nSPS) is 8.83. The van der Waals surface area contributed by atoms with Gasteiger partial charge in [0.15, 0.2) is 11.2 Å². The summed E-state index contributed by atoms with van der Waals surface area (Å²) in [6.45, 7) is 5.32. The van der Waals surface area contributed by atoms with Gasteiger partial charge in [0, 0.05) is 21.1 Å². The van der Waals surface area contributed by atoms with Crippen LogP contribution in [0.1, 0.15) is 20.8 Å². The fraction of sp³-hybridized carbons (Fsp3) is 0.714. The smallest absolute Gasteiger partial charge is 0.227 e. The summed E-state index contributed by atoms with van der Waals surface area (Å²) in [6.07, 6.45) is 0. The van der Waals surface area contributed by atoms with Crippen LogP contribution in [-0.4, -0.2) is 25.5 Å². The zero-order valence-corrected chi connectivity index (χ0v) is 9.07. The van der Waals surface area contributed by atoms with Gasteiger partial charge in [-0.2, -0.15) is 0 Å². The second kappa shape index (κ2) is 8.78. The lowest BCUT2D eigenvalue weighted by molar-refractivity contribution is -0.110. The fourth-order valence-corrected chi connectivity index (χ4v) is 1.16. The van der Waals surface area contributed by atoms with Gasteiger partial charge in [0.1, 0.15) is 0 Å². The van der Waals surface area contributed by atoms with Crippen molar-refractivity contribution in [1.82, 2.24) is 0 Å². The van der Waals surface area contributed by atoms with E-state index in [9.17, 15) is 4.79 Å². The summed E-state index contributed by atoms with van der Waals surface area (Å²) in [5, 5.41) is 7.13. The molecule has 72 valence electrons. The molecule has 0 aliphatic heterocycles. The number of Topliss-reactive ketones (excluding diaryl/α,β-unsaturated/α-hetero) is 1. The van der Waals surface area contributed by atoms with E-state index < -0.39 is 8.38 Å². The number of hydrogen-bond acceptors (Lipinski definition) is 4. The summed E-state index contributed by atoms with van der Waals surface area (Å²) in [7, 11) is 1.40. The minimum atomic E-state index is -1.42. The van der Waals surface area contributed by atoms with Crippen LogP contribution in [0.4, 0.5) is 0 Å². The first-order chi connectivity index (χ1) is 5.63.